The van der Waals surface area contributed by atoms with Gasteiger partial charge in [-0.1, -0.05) is 0 Å². The smallest absolute Gasteiger partial charge is 0.317 e. The Bertz CT molecular complexity index is 149. The van der Waals surface area contributed by atoms with E-state index in [0.717, 1.165) is 19.6 Å². The summed E-state index contributed by atoms with van der Waals surface area (Å²) in [6.07, 6.45) is 0. The van der Waals surface area contributed by atoms with Crippen molar-refractivity contribution in [2.24, 2.45) is 0 Å². The number of amides is 2. The molecular weight excluding hydrogens is 142 g/mol. The van der Waals surface area contributed by atoms with Gasteiger partial charge in [-0.05, 0) is 14.0 Å². The molecule has 0 aliphatic carbocycles. The summed E-state index contributed by atoms with van der Waals surface area (Å²) in [5, 5.41) is 5.91. The van der Waals surface area contributed by atoms with Gasteiger partial charge in [-0.15, -0.1) is 0 Å². The first-order chi connectivity index (χ1) is 5.27. The summed E-state index contributed by atoms with van der Waals surface area (Å²) in [6, 6.07) is 0.347. The minimum Gasteiger partial charge on any atom is -0.332 e. The lowest BCUT2D eigenvalue weighted by Gasteiger charge is -2.10. The van der Waals surface area contributed by atoms with Crippen LogP contribution in [-0.2, 0) is 0 Å². The van der Waals surface area contributed by atoms with Crippen molar-refractivity contribution >= 4 is 6.03 Å². The molecule has 1 aliphatic heterocycles. The second-order valence-corrected chi connectivity index (χ2v) is 2.74. The van der Waals surface area contributed by atoms with Crippen molar-refractivity contribution in [3.8, 4) is 0 Å². The quantitative estimate of drug-likeness (QED) is 0.586. The molecule has 0 bridgehead atoms. The summed E-state index contributed by atoms with van der Waals surface area (Å²) < 4.78 is 0. The van der Waals surface area contributed by atoms with Gasteiger partial charge in [0.15, 0.2) is 0 Å². The number of likely N-dealkylation sites (N-methyl/N-ethyl adjacent to an activating group) is 2. The lowest BCUT2D eigenvalue weighted by Crippen LogP contribution is -2.35. The van der Waals surface area contributed by atoms with Crippen LogP contribution in [0.15, 0.2) is 0 Å². The van der Waals surface area contributed by atoms with Gasteiger partial charge >= 0.3 is 6.03 Å². The first-order valence-electron chi connectivity index (χ1n) is 3.98. The summed E-state index contributed by atoms with van der Waals surface area (Å²) in [5.74, 6) is 0. The van der Waals surface area contributed by atoms with Gasteiger partial charge in [0.2, 0.25) is 0 Å². The zero-order valence-electron chi connectivity index (χ0n) is 7.05. The molecule has 1 saturated heterocycles. The number of nitrogens with zero attached hydrogens (tertiary/aromatic N) is 1. The fourth-order valence-corrected chi connectivity index (χ4v) is 1.30. The molecule has 0 radical (unpaired) electrons. The molecule has 4 heteroatoms. The maximum atomic E-state index is 11.1. The molecule has 1 unspecified atom stereocenters. The van der Waals surface area contributed by atoms with Crippen LogP contribution in [-0.4, -0.2) is 43.7 Å². The van der Waals surface area contributed by atoms with E-state index in [-0.39, 0.29) is 12.1 Å². The van der Waals surface area contributed by atoms with Crippen LogP contribution in [0.4, 0.5) is 4.79 Å². The molecule has 4 nitrogen and oxygen atoms in total. The summed E-state index contributed by atoms with van der Waals surface area (Å²) >= 11 is 0. The molecule has 0 spiro atoms. The second kappa shape index (κ2) is 3.57. The number of hydrogen-bond donors (Lipinski definition) is 2. The van der Waals surface area contributed by atoms with Crippen LogP contribution in [0.25, 0.3) is 0 Å². The van der Waals surface area contributed by atoms with Crippen molar-refractivity contribution in [1.82, 2.24) is 15.5 Å². The molecule has 1 heterocycles. The van der Waals surface area contributed by atoms with Crippen LogP contribution < -0.4 is 10.6 Å². The fourth-order valence-electron chi connectivity index (χ4n) is 1.30. The Balaban J connectivity index is 2.36. The summed E-state index contributed by atoms with van der Waals surface area (Å²) in [6.45, 7) is 4.46. The number of carbonyl (C=O) groups is 1. The van der Waals surface area contributed by atoms with E-state index in [1.165, 1.54) is 0 Å². The molecule has 2 amide bonds. The highest BCUT2D eigenvalue weighted by molar-refractivity contribution is 5.76. The Morgan fingerprint density at radius 2 is 2.55 bits per heavy atom. The molecule has 0 aromatic heterocycles. The minimum absolute atomic E-state index is 0.0627. The molecule has 11 heavy (non-hydrogen) atoms. The zero-order chi connectivity index (χ0) is 8.27. The molecule has 64 valence electrons. The van der Waals surface area contributed by atoms with Crippen molar-refractivity contribution in [3.05, 3.63) is 0 Å². The van der Waals surface area contributed by atoms with Crippen molar-refractivity contribution in [2.45, 2.75) is 13.0 Å². The first kappa shape index (κ1) is 8.33. The predicted octanol–water partition coefficient (Wildman–Crippen LogP) is -0.380. The number of rotatable bonds is 3. The Kier molecular flexibility index (Phi) is 2.70. The van der Waals surface area contributed by atoms with Crippen LogP contribution in [0, 0.1) is 0 Å². The normalized spacial score (nSPS) is 24.0. The van der Waals surface area contributed by atoms with Gasteiger partial charge in [0.1, 0.15) is 0 Å². The third-order valence-corrected chi connectivity index (χ3v) is 1.89. The zero-order valence-corrected chi connectivity index (χ0v) is 7.05. The number of nitrogens with one attached hydrogen (secondary N) is 2. The number of urea groups is 1. The molecule has 1 rings (SSSR count). The third kappa shape index (κ3) is 1.83. The van der Waals surface area contributed by atoms with Crippen LogP contribution in [0.3, 0.4) is 0 Å². The van der Waals surface area contributed by atoms with E-state index in [1.54, 1.807) is 0 Å². The van der Waals surface area contributed by atoms with Gasteiger partial charge in [-0.3, -0.25) is 0 Å². The SMILES string of the molecule is CCN1CC(CNC)NC1=O. The molecular formula is C7H15N3O. The van der Waals surface area contributed by atoms with Gasteiger partial charge in [0.25, 0.3) is 0 Å². The van der Waals surface area contributed by atoms with E-state index in [1.807, 2.05) is 18.9 Å². The predicted molar refractivity (Wildman–Crippen MR) is 43.5 cm³/mol. The lowest BCUT2D eigenvalue weighted by molar-refractivity contribution is 0.219. The highest BCUT2D eigenvalue weighted by Gasteiger charge is 2.26. The van der Waals surface area contributed by atoms with E-state index >= 15 is 0 Å². The highest BCUT2D eigenvalue weighted by Crippen LogP contribution is 2.01. The van der Waals surface area contributed by atoms with E-state index < -0.39 is 0 Å². The molecule has 0 aromatic carbocycles. The van der Waals surface area contributed by atoms with Crippen LogP contribution in [0.5, 0.6) is 0 Å². The number of carbonyl (C=O) groups excluding carboxylic acids is 1. The van der Waals surface area contributed by atoms with Crippen LogP contribution in [0.2, 0.25) is 0 Å². The molecule has 2 N–H and O–H groups in total. The Labute approximate surface area is 66.9 Å². The highest BCUT2D eigenvalue weighted by atomic mass is 16.2. The summed E-state index contributed by atoms with van der Waals surface area (Å²) in [7, 11) is 1.89. The monoisotopic (exact) mass is 157 g/mol. The Hall–Kier alpha value is -0.770. The van der Waals surface area contributed by atoms with Gasteiger partial charge in [0, 0.05) is 19.6 Å². The van der Waals surface area contributed by atoms with Crippen molar-refractivity contribution in [3.63, 3.8) is 0 Å². The van der Waals surface area contributed by atoms with Crippen LogP contribution >= 0.6 is 0 Å². The van der Waals surface area contributed by atoms with Gasteiger partial charge < -0.3 is 15.5 Å². The lowest BCUT2D eigenvalue weighted by atomic mass is 10.3. The average molecular weight is 157 g/mol. The van der Waals surface area contributed by atoms with Crippen molar-refractivity contribution in [1.29, 1.82) is 0 Å². The molecule has 1 atom stereocenters. The van der Waals surface area contributed by atoms with Crippen molar-refractivity contribution in [2.75, 3.05) is 26.7 Å². The van der Waals surface area contributed by atoms with E-state index in [0.29, 0.717) is 0 Å². The Morgan fingerprint density at radius 3 is 3.00 bits per heavy atom. The molecule has 1 aliphatic rings. The average Bonchev–Trinajstić information content (AvgIpc) is 2.32. The van der Waals surface area contributed by atoms with E-state index in [4.69, 9.17) is 0 Å². The number of hydrogen-bond acceptors (Lipinski definition) is 2. The Morgan fingerprint density at radius 1 is 1.82 bits per heavy atom. The molecule has 0 saturated carbocycles. The second-order valence-electron chi connectivity index (χ2n) is 2.74. The minimum atomic E-state index is 0.0627. The fraction of sp³-hybridized carbons (Fsp3) is 0.857. The molecule has 1 fully saturated rings. The van der Waals surface area contributed by atoms with Gasteiger partial charge in [-0.2, -0.15) is 0 Å². The van der Waals surface area contributed by atoms with Crippen molar-refractivity contribution < 1.29 is 4.79 Å². The topological polar surface area (TPSA) is 44.4 Å². The summed E-state index contributed by atoms with van der Waals surface area (Å²) in [4.78, 5) is 12.9. The van der Waals surface area contributed by atoms with E-state index in [2.05, 4.69) is 10.6 Å². The largest absolute Gasteiger partial charge is 0.332 e. The maximum absolute atomic E-state index is 11.1. The van der Waals surface area contributed by atoms with Gasteiger partial charge in [0.05, 0.1) is 6.04 Å². The maximum Gasteiger partial charge on any atom is 0.317 e. The van der Waals surface area contributed by atoms with Crippen LogP contribution in [0.1, 0.15) is 6.92 Å². The van der Waals surface area contributed by atoms with E-state index in [9.17, 15) is 4.79 Å². The standard InChI is InChI=1S/C7H15N3O/c1-3-10-5-6(4-8-2)9-7(10)11/h6,8H,3-5H2,1-2H3,(H,9,11). The van der Waals surface area contributed by atoms with Gasteiger partial charge in [-0.25, -0.2) is 4.79 Å². The summed E-state index contributed by atoms with van der Waals surface area (Å²) in [5.41, 5.74) is 0. The first-order valence-corrected chi connectivity index (χ1v) is 3.98. The third-order valence-electron chi connectivity index (χ3n) is 1.89. The molecule has 0 aromatic rings.